The fourth-order valence-corrected chi connectivity index (χ4v) is 2.94. The predicted octanol–water partition coefficient (Wildman–Crippen LogP) is 3.56. The van der Waals surface area contributed by atoms with Crippen molar-refractivity contribution in [2.24, 2.45) is 0 Å². The van der Waals surface area contributed by atoms with E-state index in [1.807, 2.05) is 24.3 Å². The average molecular weight is 302 g/mol. The minimum atomic E-state index is 0.795. The Labute approximate surface area is 130 Å². The number of nitrogens with zero attached hydrogens (tertiary/aromatic N) is 2. The quantitative estimate of drug-likeness (QED) is 0.861. The van der Waals surface area contributed by atoms with Gasteiger partial charge in [0.2, 0.25) is 0 Å². The lowest BCUT2D eigenvalue weighted by Gasteiger charge is -2.37. The molecule has 2 aromatic rings. The summed E-state index contributed by atoms with van der Waals surface area (Å²) in [5.41, 5.74) is 10.4. The van der Waals surface area contributed by atoms with Crippen LogP contribution in [0, 0.1) is 6.92 Å². The highest BCUT2D eigenvalue weighted by Gasteiger charge is 2.17. The topological polar surface area (TPSA) is 32.5 Å². The smallest absolute Gasteiger partial charge is 0.0426 e. The normalized spacial score (nSPS) is 15.3. The number of aryl methyl sites for hydroxylation is 1. The van der Waals surface area contributed by atoms with Crippen molar-refractivity contribution in [3.8, 4) is 0 Å². The molecular weight excluding hydrogens is 282 g/mol. The molecule has 21 heavy (non-hydrogen) atoms. The van der Waals surface area contributed by atoms with E-state index in [-0.39, 0.29) is 0 Å². The van der Waals surface area contributed by atoms with Crippen molar-refractivity contribution < 1.29 is 0 Å². The second kappa shape index (κ2) is 5.86. The molecule has 0 radical (unpaired) electrons. The van der Waals surface area contributed by atoms with E-state index in [9.17, 15) is 0 Å². The van der Waals surface area contributed by atoms with Gasteiger partial charge in [0, 0.05) is 48.3 Å². The van der Waals surface area contributed by atoms with E-state index in [0.717, 1.165) is 42.5 Å². The third-order valence-electron chi connectivity index (χ3n) is 4.07. The van der Waals surface area contributed by atoms with Crippen LogP contribution in [-0.2, 0) is 0 Å². The van der Waals surface area contributed by atoms with Gasteiger partial charge in [0.1, 0.15) is 0 Å². The van der Waals surface area contributed by atoms with Crippen molar-refractivity contribution in [2.75, 3.05) is 41.7 Å². The van der Waals surface area contributed by atoms with Crippen LogP contribution < -0.4 is 15.5 Å². The Hall–Kier alpha value is -1.87. The monoisotopic (exact) mass is 301 g/mol. The number of nitrogen functional groups attached to an aromatic ring is 1. The lowest BCUT2D eigenvalue weighted by molar-refractivity contribution is 0.653. The molecule has 110 valence electrons. The summed E-state index contributed by atoms with van der Waals surface area (Å²) >= 11 is 6.07. The Morgan fingerprint density at radius 3 is 2.10 bits per heavy atom. The molecule has 0 aromatic heterocycles. The van der Waals surface area contributed by atoms with E-state index in [4.69, 9.17) is 17.3 Å². The summed E-state index contributed by atoms with van der Waals surface area (Å²) in [6, 6.07) is 14.3. The summed E-state index contributed by atoms with van der Waals surface area (Å²) in [7, 11) is 0. The molecule has 1 heterocycles. The van der Waals surface area contributed by atoms with Crippen LogP contribution in [0.3, 0.4) is 0 Å². The van der Waals surface area contributed by atoms with Gasteiger partial charge in [-0.3, -0.25) is 0 Å². The van der Waals surface area contributed by atoms with Crippen LogP contribution in [0.1, 0.15) is 5.56 Å². The van der Waals surface area contributed by atoms with Gasteiger partial charge in [0.05, 0.1) is 0 Å². The maximum atomic E-state index is 6.07. The first-order valence-corrected chi connectivity index (χ1v) is 7.63. The van der Waals surface area contributed by atoms with Crippen molar-refractivity contribution in [3.05, 3.63) is 53.1 Å². The van der Waals surface area contributed by atoms with Gasteiger partial charge in [-0.25, -0.2) is 0 Å². The van der Waals surface area contributed by atoms with Crippen molar-refractivity contribution in [3.63, 3.8) is 0 Å². The summed E-state index contributed by atoms with van der Waals surface area (Å²) in [5, 5.41) is 0.795. The van der Waals surface area contributed by atoms with Gasteiger partial charge in [0.25, 0.3) is 0 Å². The van der Waals surface area contributed by atoms with Crippen LogP contribution in [0.4, 0.5) is 17.1 Å². The Morgan fingerprint density at radius 1 is 0.905 bits per heavy atom. The first-order chi connectivity index (χ1) is 10.1. The summed E-state index contributed by atoms with van der Waals surface area (Å²) in [5.74, 6) is 0. The SMILES string of the molecule is Cc1cc(N2CCN(c3cccc(Cl)c3)CC2)ccc1N. The first-order valence-electron chi connectivity index (χ1n) is 7.25. The maximum absolute atomic E-state index is 6.07. The Balaban J connectivity index is 1.68. The number of hydrogen-bond donors (Lipinski definition) is 1. The van der Waals surface area contributed by atoms with Gasteiger partial charge in [-0.15, -0.1) is 0 Å². The fraction of sp³-hybridized carbons (Fsp3) is 0.294. The van der Waals surface area contributed by atoms with E-state index >= 15 is 0 Å². The highest BCUT2D eigenvalue weighted by atomic mass is 35.5. The Bertz CT molecular complexity index is 634. The largest absolute Gasteiger partial charge is 0.399 e. The van der Waals surface area contributed by atoms with E-state index in [1.54, 1.807) is 0 Å². The van der Waals surface area contributed by atoms with Crippen LogP contribution in [0.2, 0.25) is 5.02 Å². The Kier molecular flexibility index (Phi) is 3.93. The minimum absolute atomic E-state index is 0.795. The van der Waals surface area contributed by atoms with Crippen LogP contribution in [0.25, 0.3) is 0 Å². The molecule has 4 heteroatoms. The molecule has 0 aliphatic carbocycles. The van der Waals surface area contributed by atoms with Gasteiger partial charge >= 0.3 is 0 Å². The molecule has 1 aliphatic rings. The van der Waals surface area contributed by atoms with Crippen LogP contribution in [0.5, 0.6) is 0 Å². The summed E-state index contributed by atoms with van der Waals surface area (Å²) in [4.78, 5) is 4.79. The molecule has 2 N–H and O–H groups in total. The zero-order valence-corrected chi connectivity index (χ0v) is 13.0. The standard InChI is InChI=1S/C17H20ClN3/c1-13-11-16(5-6-17(13)19)21-9-7-20(8-10-21)15-4-2-3-14(18)12-15/h2-6,11-12H,7-10,19H2,1H3. The number of rotatable bonds is 2. The van der Waals surface area contributed by atoms with Crippen molar-refractivity contribution >= 4 is 28.7 Å². The highest BCUT2D eigenvalue weighted by molar-refractivity contribution is 6.30. The van der Waals surface area contributed by atoms with Crippen molar-refractivity contribution in [2.45, 2.75) is 6.92 Å². The van der Waals surface area contributed by atoms with Gasteiger partial charge < -0.3 is 15.5 Å². The maximum Gasteiger partial charge on any atom is 0.0426 e. The molecule has 0 atom stereocenters. The number of benzene rings is 2. The van der Waals surface area contributed by atoms with Gasteiger partial charge in [-0.05, 0) is 48.9 Å². The molecule has 2 aromatic carbocycles. The van der Waals surface area contributed by atoms with Gasteiger partial charge in [0.15, 0.2) is 0 Å². The molecule has 0 saturated carbocycles. The summed E-state index contributed by atoms with van der Waals surface area (Å²) in [6.07, 6.45) is 0. The zero-order valence-electron chi connectivity index (χ0n) is 12.2. The van der Waals surface area contributed by atoms with Crippen LogP contribution in [0.15, 0.2) is 42.5 Å². The third-order valence-corrected chi connectivity index (χ3v) is 4.31. The molecular formula is C17H20ClN3. The van der Waals surface area contributed by atoms with Crippen LogP contribution >= 0.6 is 11.6 Å². The average Bonchev–Trinajstić information content (AvgIpc) is 2.50. The van der Waals surface area contributed by atoms with Crippen molar-refractivity contribution in [1.82, 2.24) is 0 Å². The number of piperazine rings is 1. The molecule has 1 aliphatic heterocycles. The third kappa shape index (κ3) is 3.08. The van der Waals surface area contributed by atoms with E-state index in [0.29, 0.717) is 0 Å². The molecule has 3 nitrogen and oxygen atoms in total. The molecule has 0 unspecified atom stereocenters. The highest BCUT2D eigenvalue weighted by Crippen LogP contribution is 2.24. The lowest BCUT2D eigenvalue weighted by Crippen LogP contribution is -2.46. The molecule has 0 spiro atoms. The number of hydrogen-bond acceptors (Lipinski definition) is 3. The van der Waals surface area contributed by atoms with Gasteiger partial charge in [-0.1, -0.05) is 17.7 Å². The fourth-order valence-electron chi connectivity index (χ4n) is 2.75. The minimum Gasteiger partial charge on any atom is -0.399 e. The predicted molar refractivity (Wildman–Crippen MR) is 91.5 cm³/mol. The van der Waals surface area contributed by atoms with Crippen molar-refractivity contribution in [1.29, 1.82) is 0 Å². The Morgan fingerprint density at radius 2 is 1.52 bits per heavy atom. The van der Waals surface area contributed by atoms with Crippen LogP contribution in [-0.4, -0.2) is 26.2 Å². The van der Waals surface area contributed by atoms with E-state index < -0.39 is 0 Å². The molecule has 0 bridgehead atoms. The molecule has 0 amide bonds. The molecule has 3 rings (SSSR count). The van der Waals surface area contributed by atoms with E-state index in [2.05, 4.69) is 34.9 Å². The number of anilines is 3. The van der Waals surface area contributed by atoms with Gasteiger partial charge in [-0.2, -0.15) is 0 Å². The first kappa shape index (κ1) is 14.1. The summed E-state index contributed by atoms with van der Waals surface area (Å²) < 4.78 is 0. The number of nitrogens with two attached hydrogens (primary N) is 1. The summed E-state index contributed by atoms with van der Waals surface area (Å²) in [6.45, 7) is 6.08. The second-order valence-corrected chi connectivity index (χ2v) is 5.93. The second-order valence-electron chi connectivity index (χ2n) is 5.49. The zero-order chi connectivity index (χ0) is 14.8. The lowest BCUT2D eigenvalue weighted by atomic mass is 10.1. The van der Waals surface area contributed by atoms with E-state index in [1.165, 1.54) is 11.4 Å². The molecule has 1 saturated heterocycles. The number of halogens is 1. The molecule has 1 fully saturated rings.